The van der Waals surface area contributed by atoms with Crippen LogP contribution in [0.25, 0.3) is 0 Å². The molecule has 2 amide bonds. The van der Waals surface area contributed by atoms with Crippen LogP contribution in [0.4, 0.5) is 4.79 Å². The molecule has 1 aliphatic rings. The Morgan fingerprint density at radius 2 is 1.48 bits per heavy atom. The van der Waals surface area contributed by atoms with Crippen LogP contribution in [0.1, 0.15) is 80.6 Å². The molecule has 0 aromatic carbocycles. The summed E-state index contributed by atoms with van der Waals surface area (Å²) in [6.45, 7) is 11.9. The van der Waals surface area contributed by atoms with Crippen LogP contribution in [0.5, 0.6) is 0 Å². The molecule has 1 N–H and O–H groups in total. The number of amides is 2. The fraction of sp³-hybridized carbons (Fsp3) is 0.818. The first-order valence-corrected chi connectivity index (χ1v) is 10.9. The summed E-state index contributed by atoms with van der Waals surface area (Å²) in [6.07, 6.45) is 2.17. The highest BCUT2D eigenvalue weighted by atomic mass is 16.6. The molecular formula is C22H38N2O7. The quantitative estimate of drug-likeness (QED) is 0.454. The second kappa shape index (κ2) is 11.3. The van der Waals surface area contributed by atoms with Crippen LogP contribution in [-0.2, 0) is 28.6 Å². The van der Waals surface area contributed by atoms with Gasteiger partial charge < -0.3 is 24.4 Å². The van der Waals surface area contributed by atoms with Gasteiger partial charge in [0.25, 0.3) is 0 Å². The lowest BCUT2D eigenvalue weighted by Crippen LogP contribution is -2.54. The predicted molar refractivity (Wildman–Crippen MR) is 114 cm³/mol. The minimum Gasteiger partial charge on any atom is -0.465 e. The lowest BCUT2D eigenvalue weighted by molar-refractivity contribution is -0.158. The van der Waals surface area contributed by atoms with E-state index in [1.54, 1.807) is 48.5 Å². The minimum atomic E-state index is -1.22. The molecule has 0 unspecified atom stereocenters. The minimum absolute atomic E-state index is 0.154. The Morgan fingerprint density at radius 3 is 1.97 bits per heavy atom. The van der Waals surface area contributed by atoms with Gasteiger partial charge in [-0.15, -0.1) is 0 Å². The lowest BCUT2D eigenvalue weighted by atomic mass is 10.1. The number of carbonyl (C=O) groups is 4. The Balaban J connectivity index is 3.08. The third-order valence-corrected chi connectivity index (χ3v) is 4.43. The first-order valence-electron chi connectivity index (χ1n) is 10.9. The molecule has 31 heavy (non-hydrogen) atoms. The summed E-state index contributed by atoms with van der Waals surface area (Å²) in [6, 6.07) is -1.38. The van der Waals surface area contributed by atoms with Gasteiger partial charge in [-0.2, -0.15) is 0 Å². The highest BCUT2D eigenvalue weighted by Crippen LogP contribution is 2.25. The molecule has 9 nitrogen and oxygen atoms in total. The third kappa shape index (κ3) is 10.5. The van der Waals surface area contributed by atoms with Crippen LogP contribution in [-0.4, -0.2) is 65.3 Å². The van der Waals surface area contributed by atoms with Gasteiger partial charge in [0.15, 0.2) is 0 Å². The van der Waals surface area contributed by atoms with E-state index in [4.69, 9.17) is 14.2 Å². The molecule has 1 aliphatic carbocycles. The molecule has 1 saturated carbocycles. The summed E-state index contributed by atoms with van der Waals surface area (Å²) >= 11 is 0. The molecule has 1 rings (SSSR count). The Morgan fingerprint density at radius 1 is 0.935 bits per heavy atom. The average Bonchev–Trinajstić information content (AvgIpc) is 3.09. The van der Waals surface area contributed by atoms with Gasteiger partial charge in [-0.3, -0.25) is 14.4 Å². The Hall–Kier alpha value is -2.32. The summed E-state index contributed by atoms with van der Waals surface area (Å²) in [5.41, 5.74) is -1.52. The third-order valence-electron chi connectivity index (χ3n) is 4.43. The van der Waals surface area contributed by atoms with Crippen LogP contribution in [0, 0.1) is 0 Å². The van der Waals surface area contributed by atoms with Crippen molar-refractivity contribution in [3.8, 4) is 0 Å². The van der Waals surface area contributed by atoms with E-state index in [9.17, 15) is 19.2 Å². The summed E-state index contributed by atoms with van der Waals surface area (Å²) in [5, 5.41) is 2.49. The number of nitrogens with zero attached hydrogens (tertiary/aromatic N) is 1. The number of carbonyl (C=O) groups excluding carboxylic acids is 4. The summed E-state index contributed by atoms with van der Waals surface area (Å²) < 4.78 is 15.6. The smallest absolute Gasteiger partial charge is 0.408 e. The van der Waals surface area contributed by atoms with E-state index in [2.05, 4.69) is 5.32 Å². The first kappa shape index (κ1) is 26.7. The zero-order valence-electron chi connectivity index (χ0n) is 19.9. The van der Waals surface area contributed by atoms with E-state index in [1.165, 1.54) is 4.90 Å². The number of hydrogen-bond acceptors (Lipinski definition) is 7. The van der Waals surface area contributed by atoms with Crippen molar-refractivity contribution < 1.29 is 33.4 Å². The zero-order chi connectivity index (χ0) is 23.8. The van der Waals surface area contributed by atoms with Crippen molar-refractivity contribution in [2.45, 2.75) is 104 Å². The monoisotopic (exact) mass is 442 g/mol. The summed E-state index contributed by atoms with van der Waals surface area (Å²) in [5.74, 6) is -1.70. The van der Waals surface area contributed by atoms with Gasteiger partial charge in [0.05, 0.1) is 13.0 Å². The molecule has 178 valence electrons. The van der Waals surface area contributed by atoms with Crippen LogP contribution in [0.3, 0.4) is 0 Å². The fourth-order valence-electron chi connectivity index (χ4n) is 3.35. The van der Waals surface area contributed by atoms with E-state index in [-0.39, 0.29) is 25.6 Å². The molecule has 0 saturated heterocycles. The molecule has 0 aliphatic heterocycles. The fourth-order valence-corrected chi connectivity index (χ4v) is 3.35. The largest absolute Gasteiger partial charge is 0.465 e. The SMILES string of the molecule is CCOC(=O)CN(C(=O)[C@H](CC(=O)OC(C)(C)C)NC(=O)OC(C)(C)C)C1CCCC1. The standard InChI is InChI=1S/C22H38N2O7/c1-8-29-18(26)14-24(15-11-9-10-12-15)19(27)16(13-17(25)30-21(2,3)4)23-20(28)31-22(5,6)7/h15-16H,8-14H2,1-7H3,(H,23,28)/t16-/m0/s1. The van der Waals surface area contributed by atoms with Crippen LogP contribution < -0.4 is 5.32 Å². The first-order chi connectivity index (χ1) is 14.2. The van der Waals surface area contributed by atoms with E-state index >= 15 is 0 Å². The van der Waals surface area contributed by atoms with Crippen molar-refractivity contribution in [2.24, 2.45) is 0 Å². The molecule has 0 spiro atoms. The topological polar surface area (TPSA) is 111 Å². The van der Waals surface area contributed by atoms with Crippen molar-refractivity contribution in [2.75, 3.05) is 13.2 Å². The van der Waals surface area contributed by atoms with Gasteiger partial charge in [0.1, 0.15) is 23.8 Å². The maximum atomic E-state index is 13.4. The van der Waals surface area contributed by atoms with Crippen molar-refractivity contribution >= 4 is 23.9 Å². The van der Waals surface area contributed by atoms with Crippen molar-refractivity contribution in [1.29, 1.82) is 0 Å². The molecule has 0 aromatic rings. The summed E-state index contributed by atoms with van der Waals surface area (Å²) in [4.78, 5) is 51.8. The molecular weight excluding hydrogens is 404 g/mol. The van der Waals surface area contributed by atoms with Gasteiger partial charge in [-0.05, 0) is 61.3 Å². The van der Waals surface area contributed by atoms with Gasteiger partial charge in [-0.1, -0.05) is 12.8 Å². The molecule has 0 radical (unpaired) electrons. The molecule has 9 heteroatoms. The van der Waals surface area contributed by atoms with E-state index < -0.39 is 41.2 Å². The molecule has 0 aromatic heterocycles. The maximum Gasteiger partial charge on any atom is 0.408 e. The molecule has 0 bridgehead atoms. The number of esters is 2. The molecule has 1 fully saturated rings. The highest BCUT2D eigenvalue weighted by molar-refractivity contribution is 5.91. The van der Waals surface area contributed by atoms with Gasteiger partial charge in [0.2, 0.25) is 5.91 Å². The Labute approximate surface area is 185 Å². The Bertz CT molecular complexity index is 613. The zero-order valence-corrected chi connectivity index (χ0v) is 19.9. The normalized spacial score (nSPS) is 15.7. The highest BCUT2D eigenvalue weighted by Gasteiger charge is 2.36. The van der Waals surface area contributed by atoms with E-state index in [1.807, 2.05) is 0 Å². The van der Waals surface area contributed by atoms with Crippen LogP contribution >= 0.6 is 0 Å². The van der Waals surface area contributed by atoms with Crippen molar-refractivity contribution in [1.82, 2.24) is 10.2 Å². The average molecular weight is 443 g/mol. The predicted octanol–water partition coefficient (Wildman–Crippen LogP) is 2.95. The second-order valence-electron chi connectivity index (χ2n) is 9.70. The molecule has 0 heterocycles. The van der Waals surface area contributed by atoms with Gasteiger partial charge >= 0.3 is 18.0 Å². The van der Waals surface area contributed by atoms with E-state index in [0.717, 1.165) is 25.7 Å². The van der Waals surface area contributed by atoms with Gasteiger partial charge in [0, 0.05) is 6.04 Å². The molecule has 1 atom stereocenters. The van der Waals surface area contributed by atoms with E-state index in [0.29, 0.717) is 0 Å². The van der Waals surface area contributed by atoms with Crippen LogP contribution in [0.15, 0.2) is 0 Å². The maximum absolute atomic E-state index is 13.4. The number of nitrogens with one attached hydrogen (secondary N) is 1. The van der Waals surface area contributed by atoms with Crippen molar-refractivity contribution in [3.05, 3.63) is 0 Å². The van der Waals surface area contributed by atoms with Gasteiger partial charge in [-0.25, -0.2) is 4.79 Å². The second-order valence-corrected chi connectivity index (χ2v) is 9.70. The Kier molecular flexibility index (Phi) is 9.77. The number of ether oxygens (including phenoxy) is 3. The number of rotatable bonds is 8. The number of hydrogen-bond donors (Lipinski definition) is 1. The lowest BCUT2D eigenvalue weighted by Gasteiger charge is -2.32. The number of alkyl carbamates (subject to hydrolysis) is 1. The van der Waals surface area contributed by atoms with Crippen molar-refractivity contribution in [3.63, 3.8) is 0 Å². The summed E-state index contributed by atoms with van der Waals surface area (Å²) in [7, 11) is 0. The van der Waals surface area contributed by atoms with Crippen LogP contribution in [0.2, 0.25) is 0 Å².